The number of hydrogen-bond donors (Lipinski definition) is 1. The first-order valence-corrected chi connectivity index (χ1v) is 8.43. The average molecular weight is 324 g/mol. The second kappa shape index (κ2) is 6.73. The van der Waals surface area contributed by atoms with E-state index in [9.17, 15) is 9.90 Å². The van der Waals surface area contributed by atoms with Crippen LogP contribution in [0.5, 0.6) is 0 Å². The number of amides is 1. The van der Waals surface area contributed by atoms with Crippen LogP contribution in [-0.4, -0.2) is 39.6 Å². The van der Waals surface area contributed by atoms with Crippen LogP contribution < -0.4 is 0 Å². The minimum Gasteiger partial charge on any atom is -0.390 e. The van der Waals surface area contributed by atoms with E-state index in [0.29, 0.717) is 12.3 Å². The molecule has 4 heteroatoms. The molecule has 2 heterocycles. The lowest BCUT2D eigenvalue weighted by Gasteiger charge is -2.39. The SMILES string of the molecule is CC(C)(O)CCc1cccc(C(=O)N2CC(c3cccnc3)C2)c1. The first-order valence-electron chi connectivity index (χ1n) is 8.43. The molecule has 4 nitrogen and oxygen atoms in total. The lowest BCUT2D eigenvalue weighted by molar-refractivity contribution is 0.0602. The summed E-state index contributed by atoms with van der Waals surface area (Å²) in [6.45, 7) is 5.11. The van der Waals surface area contributed by atoms with Gasteiger partial charge in [-0.2, -0.15) is 0 Å². The highest BCUT2D eigenvalue weighted by Gasteiger charge is 2.32. The van der Waals surface area contributed by atoms with Crippen molar-refractivity contribution in [1.29, 1.82) is 0 Å². The Kier molecular flexibility index (Phi) is 4.67. The molecule has 0 saturated carbocycles. The van der Waals surface area contributed by atoms with Crippen molar-refractivity contribution in [3.63, 3.8) is 0 Å². The van der Waals surface area contributed by atoms with E-state index < -0.39 is 5.60 Å². The highest BCUT2D eigenvalue weighted by molar-refractivity contribution is 5.95. The minimum atomic E-state index is -0.686. The van der Waals surface area contributed by atoms with Gasteiger partial charge in [-0.3, -0.25) is 9.78 Å². The summed E-state index contributed by atoms with van der Waals surface area (Å²) in [5.74, 6) is 0.473. The summed E-state index contributed by atoms with van der Waals surface area (Å²) in [5, 5.41) is 9.85. The van der Waals surface area contributed by atoms with E-state index in [1.807, 2.05) is 41.4 Å². The molecule has 0 atom stereocenters. The van der Waals surface area contributed by atoms with Gasteiger partial charge in [0.05, 0.1) is 5.60 Å². The number of nitrogens with zero attached hydrogens (tertiary/aromatic N) is 2. The third kappa shape index (κ3) is 4.01. The quantitative estimate of drug-likeness (QED) is 0.920. The van der Waals surface area contributed by atoms with Gasteiger partial charge in [0.25, 0.3) is 5.91 Å². The van der Waals surface area contributed by atoms with E-state index in [4.69, 9.17) is 0 Å². The van der Waals surface area contributed by atoms with Crippen molar-refractivity contribution in [2.75, 3.05) is 13.1 Å². The Morgan fingerprint density at radius 3 is 2.75 bits per heavy atom. The minimum absolute atomic E-state index is 0.0836. The van der Waals surface area contributed by atoms with E-state index in [-0.39, 0.29) is 5.91 Å². The summed E-state index contributed by atoms with van der Waals surface area (Å²) in [5.41, 5.74) is 2.33. The molecule has 0 radical (unpaired) electrons. The first-order chi connectivity index (χ1) is 11.4. The fourth-order valence-electron chi connectivity index (χ4n) is 2.97. The fraction of sp³-hybridized carbons (Fsp3) is 0.400. The van der Waals surface area contributed by atoms with Crippen molar-refractivity contribution in [3.05, 3.63) is 65.5 Å². The summed E-state index contributed by atoms with van der Waals surface area (Å²) >= 11 is 0. The predicted molar refractivity (Wildman–Crippen MR) is 93.9 cm³/mol. The maximum atomic E-state index is 12.6. The van der Waals surface area contributed by atoms with Gasteiger partial charge in [-0.1, -0.05) is 18.2 Å². The molecule has 1 aliphatic heterocycles. The molecule has 1 aromatic carbocycles. The Morgan fingerprint density at radius 1 is 1.29 bits per heavy atom. The first kappa shape index (κ1) is 16.7. The Bertz CT molecular complexity index is 701. The number of carbonyl (C=O) groups is 1. The van der Waals surface area contributed by atoms with Gasteiger partial charge in [-0.05, 0) is 56.0 Å². The second-order valence-corrected chi connectivity index (χ2v) is 7.21. The predicted octanol–water partition coefficient (Wildman–Crippen LogP) is 3.02. The molecule has 1 N–H and O–H groups in total. The van der Waals surface area contributed by atoms with Gasteiger partial charge in [0.2, 0.25) is 0 Å². The molecule has 0 unspecified atom stereocenters. The Hall–Kier alpha value is -2.20. The van der Waals surface area contributed by atoms with Crippen molar-refractivity contribution < 1.29 is 9.90 Å². The molecule has 0 spiro atoms. The number of rotatable bonds is 5. The molecule has 1 saturated heterocycles. The van der Waals surface area contributed by atoms with E-state index in [1.54, 1.807) is 20.0 Å². The number of aryl methyl sites for hydroxylation is 1. The molecule has 1 amide bonds. The maximum Gasteiger partial charge on any atom is 0.253 e. The van der Waals surface area contributed by atoms with Gasteiger partial charge in [0.15, 0.2) is 0 Å². The van der Waals surface area contributed by atoms with Gasteiger partial charge in [-0.15, -0.1) is 0 Å². The molecule has 3 rings (SSSR count). The molecule has 1 aliphatic rings. The Balaban J connectivity index is 1.60. The van der Waals surface area contributed by atoms with Crippen LogP contribution in [0.2, 0.25) is 0 Å². The third-order valence-corrected chi connectivity index (χ3v) is 4.52. The van der Waals surface area contributed by atoms with Gasteiger partial charge >= 0.3 is 0 Å². The number of carbonyl (C=O) groups excluding carboxylic acids is 1. The molecule has 24 heavy (non-hydrogen) atoms. The van der Waals surface area contributed by atoms with E-state index >= 15 is 0 Å². The number of likely N-dealkylation sites (tertiary alicyclic amines) is 1. The topological polar surface area (TPSA) is 53.4 Å². The van der Waals surface area contributed by atoms with Crippen LogP contribution >= 0.6 is 0 Å². The van der Waals surface area contributed by atoms with Crippen LogP contribution in [0.3, 0.4) is 0 Å². The number of aromatic nitrogens is 1. The molecule has 2 aromatic rings. The normalized spacial score (nSPS) is 15.2. The van der Waals surface area contributed by atoms with Gasteiger partial charge in [-0.25, -0.2) is 0 Å². The van der Waals surface area contributed by atoms with Crippen molar-refractivity contribution in [2.45, 2.75) is 38.2 Å². The summed E-state index contributed by atoms with van der Waals surface area (Å²) in [6.07, 6.45) is 5.09. The van der Waals surface area contributed by atoms with Gasteiger partial charge in [0.1, 0.15) is 0 Å². The highest BCUT2D eigenvalue weighted by Crippen LogP contribution is 2.28. The summed E-state index contributed by atoms with van der Waals surface area (Å²) < 4.78 is 0. The number of pyridine rings is 1. The van der Waals surface area contributed by atoms with Crippen LogP contribution in [0, 0.1) is 0 Å². The highest BCUT2D eigenvalue weighted by atomic mass is 16.3. The van der Waals surface area contributed by atoms with Crippen LogP contribution in [0.1, 0.15) is 47.7 Å². The summed E-state index contributed by atoms with van der Waals surface area (Å²) in [4.78, 5) is 18.6. The molecular weight excluding hydrogens is 300 g/mol. The van der Waals surface area contributed by atoms with Crippen molar-refractivity contribution in [1.82, 2.24) is 9.88 Å². The largest absolute Gasteiger partial charge is 0.390 e. The fourth-order valence-corrected chi connectivity index (χ4v) is 2.97. The molecule has 0 aliphatic carbocycles. The standard InChI is InChI=1S/C20H24N2O2/c1-20(2,24)9-8-15-5-3-6-16(11-15)19(23)22-13-18(14-22)17-7-4-10-21-12-17/h3-7,10-12,18,24H,8-9,13-14H2,1-2H3. The van der Waals surface area contributed by atoms with E-state index in [2.05, 4.69) is 11.1 Å². The van der Waals surface area contributed by atoms with Crippen LogP contribution in [-0.2, 0) is 6.42 Å². The zero-order valence-electron chi connectivity index (χ0n) is 14.3. The number of benzene rings is 1. The van der Waals surface area contributed by atoms with Crippen LogP contribution in [0.25, 0.3) is 0 Å². The van der Waals surface area contributed by atoms with Crippen molar-refractivity contribution in [3.8, 4) is 0 Å². The number of aliphatic hydroxyl groups is 1. The van der Waals surface area contributed by atoms with Gasteiger partial charge in [0, 0.05) is 37.0 Å². The van der Waals surface area contributed by atoms with Gasteiger partial charge < -0.3 is 10.0 Å². The zero-order valence-corrected chi connectivity index (χ0v) is 14.3. The lowest BCUT2D eigenvalue weighted by atomic mass is 9.91. The summed E-state index contributed by atoms with van der Waals surface area (Å²) in [6, 6.07) is 11.8. The monoisotopic (exact) mass is 324 g/mol. The van der Waals surface area contributed by atoms with Crippen LogP contribution in [0.4, 0.5) is 0 Å². The zero-order chi connectivity index (χ0) is 17.2. The molecular formula is C20H24N2O2. The average Bonchev–Trinajstić information content (AvgIpc) is 2.52. The Labute approximate surface area is 143 Å². The molecule has 126 valence electrons. The number of hydrogen-bond acceptors (Lipinski definition) is 3. The van der Waals surface area contributed by atoms with E-state index in [0.717, 1.165) is 30.6 Å². The third-order valence-electron chi connectivity index (χ3n) is 4.52. The Morgan fingerprint density at radius 2 is 2.08 bits per heavy atom. The van der Waals surface area contributed by atoms with E-state index in [1.165, 1.54) is 5.56 Å². The lowest BCUT2D eigenvalue weighted by Crippen LogP contribution is -2.48. The molecule has 0 bridgehead atoms. The summed E-state index contributed by atoms with van der Waals surface area (Å²) in [7, 11) is 0. The second-order valence-electron chi connectivity index (χ2n) is 7.21. The molecule has 1 fully saturated rings. The smallest absolute Gasteiger partial charge is 0.253 e. The van der Waals surface area contributed by atoms with Crippen molar-refractivity contribution >= 4 is 5.91 Å². The van der Waals surface area contributed by atoms with Crippen LogP contribution in [0.15, 0.2) is 48.8 Å². The maximum absolute atomic E-state index is 12.6. The molecule has 1 aromatic heterocycles. The van der Waals surface area contributed by atoms with Crippen molar-refractivity contribution in [2.24, 2.45) is 0 Å².